The van der Waals surface area contributed by atoms with E-state index in [0.717, 1.165) is 28.6 Å². The normalized spacial score (nSPS) is 14.8. The third kappa shape index (κ3) is 1.74. The highest BCUT2D eigenvalue weighted by Crippen LogP contribution is 2.40. The predicted molar refractivity (Wildman–Crippen MR) is 74.3 cm³/mol. The van der Waals surface area contributed by atoms with Crippen LogP contribution in [0.1, 0.15) is 24.6 Å². The Kier molecular flexibility index (Phi) is 2.43. The number of ether oxygens (including phenoxy) is 1. The molecule has 20 heavy (non-hydrogen) atoms. The quantitative estimate of drug-likeness (QED) is 0.801. The molecule has 2 heterocycles. The lowest BCUT2D eigenvalue weighted by molar-refractivity contribution is 0.408. The molecule has 1 aliphatic carbocycles. The Hall–Kier alpha value is -2.15. The number of nitrogens with zero attached hydrogens (tertiary/aromatic N) is 4. The maximum absolute atomic E-state index is 10.1. The van der Waals surface area contributed by atoms with Crippen molar-refractivity contribution in [3.05, 3.63) is 24.0 Å². The molecule has 0 saturated heterocycles. The maximum Gasteiger partial charge on any atom is 0.234 e. The summed E-state index contributed by atoms with van der Waals surface area (Å²) in [5.74, 6) is 2.19. The number of fused-ring (bicyclic) bond motifs is 1. The number of phenolic OH excluding ortho intramolecular Hbond substituents is 1. The third-order valence-electron chi connectivity index (χ3n) is 3.39. The molecule has 0 amide bonds. The summed E-state index contributed by atoms with van der Waals surface area (Å²) in [6, 6.07) is 5.19. The van der Waals surface area contributed by atoms with Crippen LogP contribution in [0.2, 0.25) is 0 Å². The lowest BCUT2D eigenvalue weighted by atomic mass is 10.2. The van der Waals surface area contributed by atoms with Crippen molar-refractivity contribution < 1.29 is 9.84 Å². The summed E-state index contributed by atoms with van der Waals surface area (Å²) in [6.07, 6.45) is 2.31. The lowest BCUT2D eigenvalue weighted by Crippen LogP contribution is -1.93. The van der Waals surface area contributed by atoms with Crippen LogP contribution in [-0.4, -0.2) is 32.0 Å². The minimum atomic E-state index is 0.155. The van der Waals surface area contributed by atoms with Crippen LogP contribution >= 0.6 is 11.3 Å². The molecule has 0 aliphatic heterocycles. The first-order valence-electron chi connectivity index (χ1n) is 6.36. The molecule has 0 atom stereocenters. The second-order valence-electron chi connectivity index (χ2n) is 4.82. The van der Waals surface area contributed by atoms with Gasteiger partial charge in [-0.2, -0.15) is 9.61 Å². The average Bonchev–Trinajstić information content (AvgIpc) is 3.08. The summed E-state index contributed by atoms with van der Waals surface area (Å²) in [7, 11) is 1.57. The fraction of sp³-hybridized carbons (Fsp3) is 0.308. The van der Waals surface area contributed by atoms with Crippen molar-refractivity contribution in [2.75, 3.05) is 7.11 Å². The fourth-order valence-electron chi connectivity index (χ4n) is 2.16. The zero-order valence-electron chi connectivity index (χ0n) is 10.8. The third-order valence-corrected chi connectivity index (χ3v) is 4.32. The van der Waals surface area contributed by atoms with Gasteiger partial charge in [-0.05, 0) is 25.0 Å². The first kappa shape index (κ1) is 11.7. The highest BCUT2D eigenvalue weighted by molar-refractivity contribution is 7.19. The zero-order valence-corrected chi connectivity index (χ0v) is 11.6. The molecule has 0 unspecified atom stereocenters. The topological polar surface area (TPSA) is 72.5 Å². The van der Waals surface area contributed by atoms with Gasteiger partial charge < -0.3 is 9.84 Å². The summed E-state index contributed by atoms with van der Waals surface area (Å²) in [4.78, 5) is 0.761. The van der Waals surface area contributed by atoms with Gasteiger partial charge in [-0.15, -0.1) is 10.2 Å². The van der Waals surface area contributed by atoms with Gasteiger partial charge in [0.05, 0.1) is 12.7 Å². The smallest absolute Gasteiger partial charge is 0.234 e. The van der Waals surface area contributed by atoms with Gasteiger partial charge in [0.15, 0.2) is 10.8 Å². The van der Waals surface area contributed by atoms with Gasteiger partial charge in [0, 0.05) is 12.0 Å². The van der Waals surface area contributed by atoms with Crippen LogP contribution in [0.15, 0.2) is 18.2 Å². The van der Waals surface area contributed by atoms with Gasteiger partial charge in [0.25, 0.3) is 0 Å². The molecular weight excluding hydrogens is 276 g/mol. The fourth-order valence-corrected chi connectivity index (χ4v) is 3.04. The monoisotopic (exact) mass is 288 g/mol. The number of aromatic hydroxyl groups is 1. The molecule has 7 heteroatoms. The molecule has 0 spiro atoms. The van der Waals surface area contributed by atoms with E-state index in [1.54, 1.807) is 29.8 Å². The van der Waals surface area contributed by atoms with Crippen molar-refractivity contribution in [1.82, 2.24) is 19.8 Å². The number of aromatic nitrogens is 4. The van der Waals surface area contributed by atoms with E-state index in [1.807, 2.05) is 0 Å². The highest BCUT2D eigenvalue weighted by Gasteiger charge is 2.30. The van der Waals surface area contributed by atoms with Crippen molar-refractivity contribution >= 4 is 16.3 Å². The first-order valence-corrected chi connectivity index (χ1v) is 7.17. The molecule has 4 rings (SSSR count). The minimum Gasteiger partial charge on any atom is -0.507 e. The Bertz CT molecular complexity index is 791. The summed E-state index contributed by atoms with van der Waals surface area (Å²) >= 11 is 1.42. The second kappa shape index (κ2) is 4.17. The van der Waals surface area contributed by atoms with Gasteiger partial charge >= 0.3 is 0 Å². The van der Waals surface area contributed by atoms with Gasteiger partial charge in [-0.3, -0.25) is 0 Å². The molecule has 0 bridgehead atoms. The molecular formula is C13H12N4O2S. The average molecular weight is 288 g/mol. The van der Waals surface area contributed by atoms with Crippen LogP contribution in [0.3, 0.4) is 0 Å². The van der Waals surface area contributed by atoms with Crippen molar-refractivity contribution in [1.29, 1.82) is 0 Å². The summed E-state index contributed by atoms with van der Waals surface area (Å²) in [5.41, 5.74) is 0.683. The highest BCUT2D eigenvalue weighted by atomic mass is 32.1. The second-order valence-corrected chi connectivity index (χ2v) is 5.77. The predicted octanol–water partition coefficient (Wildman–Crippen LogP) is 2.44. The first-order chi connectivity index (χ1) is 9.76. The van der Waals surface area contributed by atoms with E-state index in [-0.39, 0.29) is 5.75 Å². The van der Waals surface area contributed by atoms with Crippen LogP contribution in [0.4, 0.5) is 0 Å². The summed E-state index contributed by atoms with van der Waals surface area (Å²) in [5, 5.41) is 23.7. The number of rotatable bonds is 3. The SMILES string of the molecule is COc1ccc(-c2nn3c(C4CC4)nnc3s2)c(O)c1. The van der Waals surface area contributed by atoms with Crippen LogP contribution in [0.25, 0.3) is 15.5 Å². The van der Waals surface area contributed by atoms with Gasteiger partial charge in [0.2, 0.25) is 4.96 Å². The molecule has 1 aliphatic rings. The zero-order chi connectivity index (χ0) is 13.7. The summed E-state index contributed by atoms with van der Waals surface area (Å²) in [6.45, 7) is 0. The molecule has 2 aromatic heterocycles. The molecule has 6 nitrogen and oxygen atoms in total. The molecule has 1 saturated carbocycles. The van der Waals surface area contributed by atoms with Crippen LogP contribution in [0, 0.1) is 0 Å². The summed E-state index contributed by atoms with van der Waals surface area (Å²) < 4.78 is 6.88. The van der Waals surface area contributed by atoms with E-state index >= 15 is 0 Å². The van der Waals surface area contributed by atoms with Crippen molar-refractivity contribution in [2.45, 2.75) is 18.8 Å². The van der Waals surface area contributed by atoms with E-state index in [9.17, 15) is 5.11 Å². The maximum atomic E-state index is 10.1. The Morgan fingerprint density at radius 3 is 2.90 bits per heavy atom. The van der Waals surface area contributed by atoms with Crippen molar-refractivity contribution in [3.8, 4) is 22.1 Å². The number of methoxy groups -OCH3 is 1. The van der Waals surface area contributed by atoms with E-state index in [0.29, 0.717) is 17.2 Å². The molecule has 1 aromatic carbocycles. The van der Waals surface area contributed by atoms with E-state index in [4.69, 9.17) is 4.74 Å². The molecule has 1 fully saturated rings. The van der Waals surface area contributed by atoms with Crippen LogP contribution in [-0.2, 0) is 0 Å². The molecule has 0 radical (unpaired) electrons. The van der Waals surface area contributed by atoms with Crippen molar-refractivity contribution in [2.24, 2.45) is 0 Å². The van der Waals surface area contributed by atoms with E-state index < -0.39 is 0 Å². The van der Waals surface area contributed by atoms with E-state index in [2.05, 4.69) is 15.3 Å². The van der Waals surface area contributed by atoms with Crippen LogP contribution < -0.4 is 4.74 Å². The largest absolute Gasteiger partial charge is 0.507 e. The lowest BCUT2D eigenvalue weighted by Gasteiger charge is -2.03. The minimum absolute atomic E-state index is 0.155. The Morgan fingerprint density at radius 1 is 1.35 bits per heavy atom. The molecule has 102 valence electrons. The molecule has 1 N–H and O–H groups in total. The van der Waals surface area contributed by atoms with Crippen molar-refractivity contribution in [3.63, 3.8) is 0 Å². The van der Waals surface area contributed by atoms with Gasteiger partial charge in [-0.25, -0.2) is 0 Å². The van der Waals surface area contributed by atoms with Crippen LogP contribution in [0.5, 0.6) is 11.5 Å². The standard InChI is InChI=1S/C13H12N4O2S/c1-19-8-4-5-9(10(18)6-8)12-16-17-11(7-2-3-7)14-15-13(17)20-12/h4-7,18H,2-3H2,1H3. The Balaban J connectivity index is 1.81. The Labute approximate surface area is 118 Å². The van der Waals surface area contributed by atoms with E-state index in [1.165, 1.54) is 11.3 Å². The van der Waals surface area contributed by atoms with Gasteiger partial charge in [0.1, 0.15) is 11.5 Å². The number of benzene rings is 1. The number of phenols is 1. The number of hydrogen-bond donors (Lipinski definition) is 1. The van der Waals surface area contributed by atoms with Gasteiger partial charge in [-0.1, -0.05) is 11.3 Å². The molecule has 3 aromatic rings. The Morgan fingerprint density at radius 2 is 2.20 bits per heavy atom. The number of hydrogen-bond acceptors (Lipinski definition) is 6.